The number of fused-ring (bicyclic) bond motifs is 2. The zero-order chi connectivity index (χ0) is 21.3. The molecule has 1 fully saturated rings. The van der Waals surface area contributed by atoms with Crippen molar-refractivity contribution in [3.05, 3.63) is 59.7 Å². The maximum absolute atomic E-state index is 12.7. The SMILES string of the molecule is CN1CCN(CCC=C2c3ccccc3Sc3ccc(S(=O)(=O)N(C)C)cc32)CC1.Cl.Cl.O.O. The zero-order valence-corrected chi connectivity index (χ0v) is 22.9. The Kier molecular flexibility index (Phi) is 13.4. The number of hydrogen-bond acceptors (Lipinski definition) is 5. The third-order valence-corrected chi connectivity index (χ3v) is 8.77. The molecule has 192 valence electrons. The topological polar surface area (TPSA) is 107 Å². The van der Waals surface area contributed by atoms with Gasteiger partial charge in [0.15, 0.2) is 0 Å². The summed E-state index contributed by atoms with van der Waals surface area (Å²) in [5.41, 5.74) is 3.34. The molecule has 4 rings (SSSR count). The van der Waals surface area contributed by atoms with Crippen molar-refractivity contribution in [3.8, 4) is 0 Å². The van der Waals surface area contributed by atoms with Crippen LogP contribution in [0, 0.1) is 0 Å². The van der Waals surface area contributed by atoms with Crippen molar-refractivity contribution in [2.24, 2.45) is 0 Å². The standard InChI is InChI=1S/C23H29N3O2S2.2ClH.2H2O/c1-24(2)30(27,28)18-10-11-23-21(17-18)19(20-7-4-5-9-22(20)29-23)8-6-12-26-15-13-25(3)14-16-26;;;;/h4-5,7-11,17H,6,12-16H2,1-3H3;2*1H;2*1H2. The molecule has 0 aliphatic carbocycles. The average molecular weight is 553 g/mol. The summed E-state index contributed by atoms with van der Waals surface area (Å²) in [6.07, 6.45) is 3.24. The van der Waals surface area contributed by atoms with Crippen LogP contribution in [-0.4, -0.2) is 87.3 Å². The molecule has 2 aromatic carbocycles. The minimum Gasteiger partial charge on any atom is -0.412 e. The van der Waals surface area contributed by atoms with Crippen LogP contribution in [0.5, 0.6) is 0 Å². The molecule has 0 spiro atoms. The Morgan fingerprint density at radius 1 is 0.941 bits per heavy atom. The van der Waals surface area contributed by atoms with Crippen LogP contribution in [0.1, 0.15) is 17.5 Å². The lowest BCUT2D eigenvalue weighted by Gasteiger charge is -2.32. The van der Waals surface area contributed by atoms with Gasteiger partial charge >= 0.3 is 0 Å². The highest BCUT2D eigenvalue weighted by molar-refractivity contribution is 7.99. The molecule has 2 aliphatic rings. The number of rotatable bonds is 5. The molecule has 0 atom stereocenters. The van der Waals surface area contributed by atoms with Gasteiger partial charge in [-0.3, -0.25) is 0 Å². The minimum absolute atomic E-state index is 0. The van der Waals surface area contributed by atoms with Gasteiger partial charge in [-0.05, 0) is 54.4 Å². The van der Waals surface area contributed by atoms with Crippen molar-refractivity contribution in [1.29, 1.82) is 0 Å². The van der Waals surface area contributed by atoms with Gasteiger partial charge in [0.05, 0.1) is 4.90 Å². The van der Waals surface area contributed by atoms with Gasteiger partial charge in [-0.1, -0.05) is 36.0 Å². The number of sulfonamides is 1. The summed E-state index contributed by atoms with van der Waals surface area (Å²) < 4.78 is 26.7. The first-order chi connectivity index (χ1) is 14.4. The Hall–Kier alpha value is -1.14. The molecular weight excluding hydrogens is 517 g/mol. The zero-order valence-electron chi connectivity index (χ0n) is 19.7. The molecule has 0 unspecified atom stereocenters. The number of benzene rings is 2. The van der Waals surface area contributed by atoms with E-state index in [-0.39, 0.29) is 35.8 Å². The summed E-state index contributed by atoms with van der Waals surface area (Å²) in [5, 5.41) is 0. The van der Waals surface area contributed by atoms with Crippen molar-refractivity contribution >= 4 is 52.2 Å². The third kappa shape index (κ3) is 6.96. The lowest BCUT2D eigenvalue weighted by atomic mass is 9.96. The van der Waals surface area contributed by atoms with Gasteiger partial charge in [0.1, 0.15) is 0 Å². The predicted molar refractivity (Wildman–Crippen MR) is 145 cm³/mol. The summed E-state index contributed by atoms with van der Waals surface area (Å²) >= 11 is 1.71. The van der Waals surface area contributed by atoms with Crippen molar-refractivity contribution in [1.82, 2.24) is 14.1 Å². The van der Waals surface area contributed by atoms with E-state index in [0.29, 0.717) is 4.90 Å². The van der Waals surface area contributed by atoms with Gasteiger partial charge < -0.3 is 20.8 Å². The number of likely N-dealkylation sites (N-methyl/N-ethyl adjacent to an activating group) is 1. The normalized spacial score (nSPS) is 16.9. The maximum atomic E-state index is 12.7. The smallest absolute Gasteiger partial charge is 0.242 e. The summed E-state index contributed by atoms with van der Waals surface area (Å²) in [4.78, 5) is 7.55. The summed E-state index contributed by atoms with van der Waals surface area (Å²) in [6, 6.07) is 13.9. The quantitative estimate of drug-likeness (QED) is 0.484. The number of nitrogens with zero attached hydrogens (tertiary/aromatic N) is 3. The van der Waals surface area contributed by atoms with Gasteiger partial charge in [0.2, 0.25) is 10.0 Å². The highest BCUT2D eigenvalue weighted by Crippen LogP contribution is 2.46. The van der Waals surface area contributed by atoms with Crippen LogP contribution in [-0.2, 0) is 10.0 Å². The van der Waals surface area contributed by atoms with E-state index in [0.717, 1.165) is 55.2 Å². The van der Waals surface area contributed by atoms with E-state index in [2.05, 4.69) is 47.2 Å². The number of halogens is 2. The van der Waals surface area contributed by atoms with E-state index < -0.39 is 10.0 Å². The fourth-order valence-corrected chi connectivity index (χ4v) is 5.92. The Morgan fingerprint density at radius 2 is 1.56 bits per heavy atom. The first-order valence-electron chi connectivity index (χ1n) is 10.3. The van der Waals surface area contributed by atoms with Crippen LogP contribution < -0.4 is 0 Å². The minimum atomic E-state index is -3.47. The van der Waals surface area contributed by atoms with Gasteiger partial charge in [-0.2, -0.15) is 0 Å². The number of hydrogen-bond donors (Lipinski definition) is 0. The Balaban J connectivity index is 0.00000272. The second kappa shape index (κ2) is 13.8. The molecule has 0 amide bonds. The molecule has 1 saturated heterocycles. The van der Waals surface area contributed by atoms with Crippen molar-refractivity contribution in [2.75, 3.05) is 53.9 Å². The third-order valence-electron chi connectivity index (χ3n) is 5.81. The molecule has 0 bridgehead atoms. The highest BCUT2D eigenvalue weighted by atomic mass is 35.5. The van der Waals surface area contributed by atoms with E-state index in [1.807, 2.05) is 12.1 Å². The van der Waals surface area contributed by atoms with E-state index in [9.17, 15) is 8.42 Å². The summed E-state index contributed by atoms with van der Waals surface area (Å²) in [6.45, 7) is 5.47. The van der Waals surface area contributed by atoms with Crippen molar-refractivity contribution in [2.45, 2.75) is 21.1 Å². The van der Waals surface area contributed by atoms with E-state index in [1.165, 1.54) is 14.8 Å². The van der Waals surface area contributed by atoms with Gasteiger partial charge in [0, 0.05) is 56.6 Å². The summed E-state index contributed by atoms with van der Waals surface area (Å²) in [7, 11) is 1.85. The predicted octanol–water partition coefficient (Wildman–Crippen LogP) is 2.66. The molecule has 2 heterocycles. The van der Waals surface area contributed by atoms with Gasteiger partial charge in [0.25, 0.3) is 0 Å². The van der Waals surface area contributed by atoms with Gasteiger partial charge in [-0.15, -0.1) is 24.8 Å². The Morgan fingerprint density at radius 3 is 2.21 bits per heavy atom. The molecule has 2 aromatic rings. The fraction of sp³-hybridized carbons (Fsp3) is 0.391. The molecular formula is C23H35Cl2N3O4S2. The molecule has 4 N–H and O–H groups in total. The largest absolute Gasteiger partial charge is 0.412 e. The van der Waals surface area contributed by atoms with Gasteiger partial charge in [-0.25, -0.2) is 12.7 Å². The van der Waals surface area contributed by atoms with Crippen LogP contribution in [0.4, 0.5) is 0 Å². The molecule has 0 radical (unpaired) electrons. The second-order valence-electron chi connectivity index (χ2n) is 8.10. The number of piperazine rings is 1. The van der Waals surface area contributed by atoms with E-state index >= 15 is 0 Å². The summed E-state index contributed by atoms with van der Waals surface area (Å²) in [5.74, 6) is 0. The van der Waals surface area contributed by atoms with Crippen LogP contribution >= 0.6 is 36.6 Å². The molecule has 11 heteroatoms. The van der Waals surface area contributed by atoms with Crippen LogP contribution in [0.15, 0.2) is 63.2 Å². The first-order valence-corrected chi connectivity index (χ1v) is 12.6. The highest BCUT2D eigenvalue weighted by Gasteiger charge is 2.25. The molecule has 7 nitrogen and oxygen atoms in total. The molecule has 0 aromatic heterocycles. The van der Waals surface area contributed by atoms with E-state index in [1.54, 1.807) is 31.9 Å². The first kappa shape index (κ1) is 32.9. The Bertz CT molecular complexity index is 1070. The van der Waals surface area contributed by atoms with Crippen molar-refractivity contribution < 1.29 is 19.4 Å². The molecule has 34 heavy (non-hydrogen) atoms. The van der Waals surface area contributed by atoms with Crippen molar-refractivity contribution in [3.63, 3.8) is 0 Å². The lowest BCUT2D eigenvalue weighted by Crippen LogP contribution is -2.44. The average Bonchev–Trinajstić information content (AvgIpc) is 2.74. The second-order valence-corrected chi connectivity index (χ2v) is 11.3. The molecule has 2 aliphatic heterocycles. The van der Waals surface area contributed by atoms with Crippen LogP contribution in [0.25, 0.3) is 5.57 Å². The molecule has 0 saturated carbocycles. The van der Waals surface area contributed by atoms with Crippen LogP contribution in [0.2, 0.25) is 0 Å². The van der Waals surface area contributed by atoms with Crippen LogP contribution in [0.3, 0.4) is 0 Å². The Labute approximate surface area is 219 Å². The monoisotopic (exact) mass is 551 g/mol. The fourth-order valence-electron chi connectivity index (χ4n) is 3.90. The van der Waals surface area contributed by atoms with E-state index in [4.69, 9.17) is 0 Å². The maximum Gasteiger partial charge on any atom is 0.242 e. The lowest BCUT2D eigenvalue weighted by molar-refractivity contribution is 0.156.